The second kappa shape index (κ2) is 5.82. The molecule has 0 aliphatic rings. The Morgan fingerprint density at radius 2 is 2.39 bits per heavy atom. The molecule has 0 unspecified atom stereocenters. The Kier molecular flexibility index (Phi) is 4.15. The van der Waals surface area contributed by atoms with E-state index in [1.165, 1.54) is 0 Å². The minimum Gasteiger partial charge on any atom is -0.461 e. The number of rotatable bonds is 5. The molecule has 0 bridgehead atoms. The quantitative estimate of drug-likeness (QED) is 0.665. The van der Waals surface area contributed by atoms with Crippen LogP contribution in [0.15, 0.2) is 17.6 Å². The van der Waals surface area contributed by atoms with Gasteiger partial charge < -0.3 is 9.72 Å². The van der Waals surface area contributed by atoms with Gasteiger partial charge in [-0.3, -0.25) is 0 Å². The van der Waals surface area contributed by atoms with E-state index in [9.17, 15) is 4.79 Å². The lowest BCUT2D eigenvalue weighted by Gasteiger charge is -2.00. The fourth-order valence-corrected chi connectivity index (χ4v) is 2.17. The first-order valence-corrected chi connectivity index (χ1v) is 6.86. The summed E-state index contributed by atoms with van der Waals surface area (Å²) in [4.78, 5) is 19.0. The molecule has 0 atom stereocenters. The molecule has 0 saturated heterocycles. The number of carbonyl (C=O) groups is 1. The number of H-pyrrole nitrogens is 1. The van der Waals surface area contributed by atoms with Crippen molar-refractivity contribution in [2.75, 3.05) is 6.61 Å². The average molecular weight is 264 g/mol. The van der Waals surface area contributed by atoms with Gasteiger partial charge in [-0.25, -0.2) is 9.78 Å². The molecule has 2 heterocycles. The summed E-state index contributed by atoms with van der Waals surface area (Å²) in [6, 6.07) is 1.78. The van der Waals surface area contributed by atoms with Crippen LogP contribution in [0.25, 0.3) is 11.3 Å². The van der Waals surface area contributed by atoms with Crippen LogP contribution in [-0.2, 0) is 4.74 Å². The number of hydrogen-bond acceptors (Lipinski definition) is 4. The van der Waals surface area contributed by atoms with Crippen molar-refractivity contribution in [3.63, 3.8) is 0 Å². The summed E-state index contributed by atoms with van der Waals surface area (Å²) in [5.41, 5.74) is 2.29. The maximum Gasteiger partial charge on any atom is 0.354 e. The number of hydrogen-bond donors (Lipinski definition) is 1. The van der Waals surface area contributed by atoms with Crippen molar-refractivity contribution in [1.82, 2.24) is 9.97 Å². The second-order valence-electron chi connectivity index (χ2n) is 4.04. The Morgan fingerprint density at radius 1 is 1.56 bits per heavy atom. The van der Waals surface area contributed by atoms with Crippen LogP contribution in [0.3, 0.4) is 0 Å². The summed E-state index contributed by atoms with van der Waals surface area (Å²) in [6.07, 6.45) is 3.69. The number of nitrogens with zero attached hydrogens (tertiary/aromatic N) is 1. The molecular formula is C13H16N2O2S. The Balaban J connectivity index is 2.04. The molecule has 5 heteroatoms. The number of aromatic amines is 1. The van der Waals surface area contributed by atoms with Crippen molar-refractivity contribution >= 4 is 17.3 Å². The lowest BCUT2D eigenvalue weighted by molar-refractivity contribution is 0.0493. The van der Waals surface area contributed by atoms with E-state index in [0.29, 0.717) is 12.3 Å². The van der Waals surface area contributed by atoms with Crippen LogP contribution in [0.2, 0.25) is 0 Å². The van der Waals surface area contributed by atoms with E-state index in [1.54, 1.807) is 23.6 Å². The summed E-state index contributed by atoms with van der Waals surface area (Å²) in [6.45, 7) is 4.49. The Labute approximate surface area is 110 Å². The first kappa shape index (κ1) is 12.8. The van der Waals surface area contributed by atoms with Crippen LogP contribution in [0.1, 0.15) is 35.3 Å². The van der Waals surface area contributed by atoms with Gasteiger partial charge in [0.1, 0.15) is 5.69 Å². The molecule has 0 radical (unpaired) electrons. The summed E-state index contributed by atoms with van der Waals surface area (Å²) in [5.74, 6) is -0.304. The van der Waals surface area contributed by atoms with E-state index in [2.05, 4.69) is 16.9 Å². The maximum atomic E-state index is 11.7. The smallest absolute Gasteiger partial charge is 0.354 e. The second-order valence-corrected chi connectivity index (χ2v) is 5.11. The van der Waals surface area contributed by atoms with Crippen LogP contribution in [0, 0.1) is 6.92 Å². The SMILES string of the molecule is CCCCOC(=O)c1cc(-c2csc(C)n2)c[nH]1. The van der Waals surface area contributed by atoms with E-state index >= 15 is 0 Å². The summed E-state index contributed by atoms with van der Waals surface area (Å²) < 4.78 is 5.13. The fourth-order valence-electron chi connectivity index (χ4n) is 1.54. The van der Waals surface area contributed by atoms with Crippen LogP contribution >= 0.6 is 11.3 Å². The van der Waals surface area contributed by atoms with E-state index in [0.717, 1.165) is 29.1 Å². The minimum atomic E-state index is -0.304. The summed E-state index contributed by atoms with van der Waals surface area (Å²) in [7, 11) is 0. The number of esters is 1. The maximum absolute atomic E-state index is 11.7. The normalized spacial score (nSPS) is 10.6. The van der Waals surface area contributed by atoms with Crippen LogP contribution in [-0.4, -0.2) is 22.5 Å². The molecule has 96 valence electrons. The van der Waals surface area contributed by atoms with Crippen LogP contribution in [0.4, 0.5) is 0 Å². The highest BCUT2D eigenvalue weighted by Gasteiger charge is 2.11. The van der Waals surface area contributed by atoms with Gasteiger partial charge in [-0.2, -0.15) is 0 Å². The zero-order valence-electron chi connectivity index (χ0n) is 10.5. The van der Waals surface area contributed by atoms with Crippen LogP contribution in [0.5, 0.6) is 0 Å². The highest BCUT2D eigenvalue weighted by Crippen LogP contribution is 2.22. The van der Waals surface area contributed by atoms with Crippen molar-refractivity contribution in [3.05, 3.63) is 28.3 Å². The van der Waals surface area contributed by atoms with Gasteiger partial charge in [-0.15, -0.1) is 11.3 Å². The molecule has 1 N–H and O–H groups in total. The van der Waals surface area contributed by atoms with Crippen LogP contribution < -0.4 is 0 Å². The molecule has 2 aromatic heterocycles. The van der Waals surface area contributed by atoms with Gasteiger partial charge >= 0.3 is 5.97 Å². The number of unbranched alkanes of at least 4 members (excludes halogenated alkanes) is 1. The first-order valence-electron chi connectivity index (χ1n) is 5.98. The number of aryl methyl sites for hydroxylation is 1. The van der Waals surface area contributed by atoms with E-state index in [1.807, 2.05) is 12.3 Å². The molecule has 0 aliphatic heterocycles. The number of thiazole rings is 1. The Hall–Kier alpha value is -1.62. The molecule has 2 rings (SSSR count). The fraction of sp³-hybridized carbons (Fsp3) is 0.385. The van der Waals surface area contributed by atoms with Gasteiger partial charge in [0.05, 0.1) is 17.3 Å². The molecule has 18 heavy (non-hydrogen) atoms. The average Bonchev–Trinajstić information content (AvgIpc) is 2.97. The monoisotopic (exact) mass is 264 g/mol. The van der Waals surface area contributed by atoms with E-state index < -0.39 is 0 Å². The predicted octanol–water partition coefficient (Wildman–Crippen LogP) is 3.40. The first-order chi connectivity index (χ1) is 8.70. The highest BCUT2D eigenvalue weighted by molar-refractivity contribution is 7.09. The topological polar surface area (TPSA) is 55.0 Å². The van der Waals surface area contributed by atoms with Crippen molar-refractivity contribution in [1.29, 1.82) is 0 Å². The van der Waals surface area contributed by atoms with Crippen molar-refractivity contribution in [2.24, 2.45) is 0 Å². The number of ether oxygens (including phenoxy) is 1. The Morgan fingerprint density at radius 3 is 3.06 bits per heavy atom. The lowest BCUT2D eigenvalue weighted by atomic mass is 10.2. The predicted molar refractivity (Wildman–Crippen MR) is 71.8 cm³/mol. The van der Waals surface area contributed by atoms with Gasteiger partial charge in [0.2, 0.25) is 0 Å². The number of nitrogens with one attached hydrogen (secondary N) is 1. The molecule has 0 amide bonds. The van der Waals surface area contributed by atoms with Crippen molar-refractivity contribution < 1.29 is 9.53 Å². The third kappa shape index (κ3) is 2.98. The van der Waals surface area contributed by atoms with Crippen molar-refractivity contribution in [2.45, 2.75) is 26.7 Å². The molecule has 0 fully saturated rings. The number of aromatic nitrogens is 2. The Bertz CT molecular complexity index is 531. The van der Waals surface area contributed by atoms with Gasteiger partial charge in [-0.1, -0.05) is 13.3 Å². The molecule has 0 aliphatic carbocycles. The number of carbonyl (C=O) groups excluding carboxylic acids is 1. The zero-order chi connectivity index (χ0) is 13.0. The standard InChI is InChI=1S/C13H16N2O2S/c1-3-4-5-17-13(16)11-6-10(7-14-11)12-8-18-9(2)15-12/h6-8,14H,3-5H2,1-2H3. The van der Waals surface area contributed by atoms with Gasteiger partial charge in [0.25, 0.3) is 0 Å². The van der Waals surface area contributed by atoms with Crippen molar-refractivity contribution in [3.8, 4) is 11.3 Å². The minimum absolute atomic E-state index is 0.304. The largest absolute Gasteiger partial charge is 0.461 e. The highest BCUT2D eigenvalue weighted by atomic mass is 32.1. The summed E-state index contributed by atoms with van der Waals surface area (Å²) in [5, 5.41) is 2.99. The van der Waals surface area contributed by atoms with E-state index in [4.69, 9.17) is 4.74 Å². The molecular weight excluding hydrogens is 248 g/mol. The lowest BCUT2D eigenvalue weighted by Crippen LogP contribution is -2.06. The summed E-state index contributed by atoms with van der Waals surface area (Å²) >= 11 is 1.59. The molecule has 0 saturated carbocycles. The molecule has 0 spiro atoms. The molecule has 0 aromatic carbocycles. The molecule has 2 aromatic rings. The third-order valence-electron chi connectivity index (χ3n) is 2.55. The zero-order valence-corrected chi connectivity index (χ0v) is 11.3. The van der Waals surface area contributed by atoms with Gasteiger partial charge in [-0.05, 0) is 19.4 Å². The third-order valence-corrected chi connectivity index (χ3v) is 3.32. The molecule has 4 nitrogen and oxygen atoms in total. The van der Waals surface area contributed by atoms with Gasteiger partial charge in [0.15, 0.2) is 0 Å². The van der Waals surface area contributed by atoms with Gasteiger partial charge in [0, 0.05) is 17.1 Å². The van der Waals surface area contributed by atoms with E-state index in [-0.39, 0.29) is 5.97 Å².